The zero-order chi connectivity index (χ0) is 16.7. The standard InChI is InChI=1S/C16H17O6P/c1-3-20-23(18,16(17)21-14-7-5-4-6-8-14)22-15-11-9-13(19-2)10-12-15/h4-12H,3H2,1-2H3/t23-/m0/s1. The molecule has 0 N–H and O–H groups in total. The molecule has 0 aliphatic carbocycles. The molecule has 0 saturated heterocycles. The third kappa shape index (κ3) is 4.58. The van der Waals surface area contributed by atoms with Crippen LogP contribution in [0.15, 0.2) is 54.6 Å². The van der Waals surface area contributed by atoms with Gasteiger partial charge in [0.15, 0.2) is 0 Å². The summed E-state index contributed by atoms with van der Waals surface area (Å²) in [7, 11) is -2.60. The molecule has 0 aliphatic rings. The summed E-state index contributed by atoms with van der Waals surface area (Å²) in [6.07, 6.45) is 0. The smallest absolute Gasteiger partial charge is 0.488 e. The fraction of sp³-hybridized carbons (Fsp3) is 0.188. The molecule has 23 heavy (non-hydrogen) atoms. The van der Waals surface area contributed by atoms with Crippen molar-refractivity contribution >= 4 is 13.3 Å². The lowest BCUT2D eigenvalue weighted by molar-refractivity contribution is 0.205. The third-order valence-corrected chi connectivity index (χ3v) is 4.34. The molecule has 2 aromatic carbocycles. The Balaban J connectivity index is 2.16. The van der Waals surface area contributed by atoms with Gasteiger partial charge in [-0.05, 0) is 43.3 Å². The van der Waals surface area contributed by atoms with Gasteiger partial charge in [0.25, 0.3) is 0 Å². The highest BCUT2D eigenvalue weighted by atomic mass is 31.2. The zero-order valence-corrected chi connectivity index (χ0v) is 13.7. The second-order valence-electron chi connectivity index (χ2n) is 4.36. The lowest BCUT2D eigenvalue weighted by Crippen LogP contribution is -2.13. The van der Waals surface area contributed by atoms with Crippen LogP contribution in [0.5, 0.6) is 17.2 Å². The summed E-state index contributed by atoms with van der Waals surface area (Å²) in [4.78, 5) is 12.2. The fourth-order valence-electron chi connectivity index (χ4n) is 1.71. The van der Waals surface area contributed by atoms with Crippen LogP contribution in [0.2, 0.25) is 0 Å². The van der Waals surface area contributed by atoms with Crippen LogP contribution in [-0.2, 0) is 9.09 Å². The van der Waals surface area contributed by atoms with Crippen LogP contribution in [0.3, 0.4) is 0 Å². The predicted molar refractivity (Wildman–Crippen MR) is 85.3 cm³/mol. The first-order valence-electron chi connectivity index (χ1n) is 6.93. The number of benzene rings is 2. The maximum absolute atomic E-state index is 12.7. The molecular weight excluding hydrogens is 319 g/mol. The molecule has 0 saturated carbocycles. The van der Waals surface area contributed by atoms with Crippen LogP contribution < -0.4 is 14.0 Å². The van der Waals surface area contributed by atoms with Crippen molar-refractivity contribution in [2.75, 3.05) is 13.7 Å². The van der Waals surface area contributed by atoms with E-state index >= 15 is 0 Å². The second-order valence-corrected chi connectivity index (χ2v) is 6.16. The quantitative estimate of drug-likeness (QED) is 0.693. The highest BCUT2D eigenvalue weighted by molar-refractivity contribution is 7.71. The summed E-state index contributed by atoms with van der Waals surface area (Å²) < 4.78 is 33.1. The van der Waals surface area contributed by atoms with Gasteiger partial charge in [-0.3, -0.25) is 4.52 Å². The van der Waals surface area contributed by atoms with Crippen molar-refractivity contribution in [2.24, 2.45) is 0 Å². The van der Waals surface area contributed by atoms with Gasteiger partial charge >= 0.3 is 13.3 Å². The van der Waals surface area contributed by atoms with Crippen molar-refractivity contribution in [3.05, 3.63) is 54.6 Å². The van der Waals surface area contributed by atoms with Crippen LogP contribution >= 0.6 is 7.60 Å². The van der Waals surface area contributed by atoms with Gasteiger partial charge in [-0.2, -0.15) is 0 Å². The Morgan fingerprint density at radius 2 is 1.57 bits per heavy atom. The van der Waals surface area contributed by atoms with Crippen LogP contribution in [0.4, 0.5) is 4.79 Å². The number of rotatable bonds is 7. The molecule has 0 aliphatic heterocycles. The van der Waals surface area contributed by atoms with Gasteiger partial charge in [0.05, 0.1) is 13.7 Å². The van der Waals surface area contributed by atoms with Crippen molar-refractivity contribution in [3.8, 4) is 17.2 Å². The topological polar surface area (TPSA) is 71.1 Å². The van der Waals surface area contributed by atoms with Crippen molar-refractivity contribution in [2.45, 2.75) is 6.92 Å². The summed E-state index contributed by atoms with van der Waals surface area (Å²) in [6, 6.07) is 14.6. The van der Waals surface area contributed by atoms with E-state index < -0.39 is 13.3 Å². The second kappa shape index (κ2) is 7.81. The van der Waals surface area contributed by atoms with E-state index in [1.807, 2.05) is 0 Å². The van der Waals surface area contributed by atoms with Crippen LogP contribution in [0.25, 0.3) is 0 Å². The first-order valence-corrected chi connectivity index (χ1v) is 8.47. The highest BCUT2D eigenvalue weighted by Gasteiger charge is 2.39. The minimum atomic E-state index is -4.12. The van der Waals surface area contributed by atoms with Gasteiger partial charge in [-0.25, -0.2) is 9.36 Å². The maximum Gasteiger partial charge on any atom is 0.488 e. The molecule has 0 amide bonds. The Bertz CT molecular complexity index is 683. The lowest BCUT2D eigenvalue weighted by atomic mass is 10.3. The van der Waals surface area contributed by atoms with Crippen molar-refractivity contribution in [3.63, 3.8) is 0 Å². The van der Waals surface area contributed by atoms with Gasteiger partial charge in [0.2, 0.25) is 0 Å². The Morgan fingerprint density at radius 3 is 2.13 bits per heavy atom. The predicted octanol–water partition coefficient (Wildman–Crippen LogP) is 4.50. The Kier molecular flexibility index (Phi) is 5.79. The first kappa shape index (κ1) is 17.1. The number of carbonyl (C=O) groups excluding carboxylic acids is 1. The van der Waals surface area contributed by atoms with E-state index in [2.05, 4.69) is 0 Å². The van der Waals surface area contributed by atoms with E-state index in [0.29, 0.717) is 5.75 Å². The molecular formula is C16H17O6P. The number of carbonyl (C=O) groups is 1. The number of ether oxygens (including phenoxy) is 2. The minimum absolute atomic E-state index is 0.0390. The SMILES string of the molecule is CCO[P@](=O)(Oc1ccc(OC)cc1)C(=O)Oc1ccccc1. The van der Waals surface area contributed by atoms with E-state index in [-0.39, 0.29) is 18.1 Å². The molecule has 0 radical (unpaired) electrons. The maximum atomic E-state index is 12.7. The summed E-state index contributed by atoms with van der Waals surface area (Å²) in [5.74, 6) is 1.08. The Morgan fingerprint density at radius 1 is 0.957 bits per heavy atom. The number of methoxy groups -OCH3 is 1. The minimum Gasteiger partial charge on any atom is -0.497 e. The van der Waals surface area contributed by atoms with Gasteiger partial charge in [-0.15, -0.1) is 0 Å². The van der Waals surface area contributed by atoms with Crippen LogP contribution in [-0.4, -0.2) is 19.4 Å². The Labute approximate surface area is 134 Å². The highest BCUT2D eigenvalue weighted by Crippen LogP contribution is 2.50. The molecule has 0 unspecified atom stereocenters. The average Bonchev–Trinajstić information content (AvgIpc) is 2.56. The van der Waals surface area contributed by atoms with Gasteiger partial charge in [0, 0.05) is 0 Å². The fourth-order valence-corrected chi connectivity index (χ4v) is 2.90. The lowest BCUT2D eigenvalue weighted by Gasteiger charge is -2.17. The largest absolute Gasteiger partial charge is 0.497 e. The summed E-state index contributed by atoms with van der Waals surface area (Å²) >= 11 is 0. The number of para-hydroxylation sites is 1. The molecule has 122 valence electrons. The van der Waals surface area contributed by atoms with Crippen LogP contribution in [0.1, 0.15) is 6.92 Å². The molecule has 6 nitrogen and oxygen atoms in total. The monoisotopic (exact) mass is 336 g/mol. The zero-order valence-electron chi connectivity index (χ0n) is 12.8. The van der Waals surface area contributed by atoms with Gasteiger partial charge in [0.1, 0.15) is 17.2 Å². The number of hydrogen-bond acceptors (Lipinski definition) is 6. The molecule has 0 spiro atoms. The van der Waals surface area contributed by atoms with Gasteiger partial charge in [-0.1, -0.05) is 18.2 Å². The van der Waals surface area contributed by atoms with E-state index in [9.17, 15) is 9.36 Å². The normalized spacial score (nSPS) is 13.0. The molecule has 7 heteroatoms. The number of hydrogen-bond donors (Lipinski definition) is 0. The van der Waals surface area contributed by atoms with E-state index in [4.69, 9.17) is 18.5 Å². The van der Waals surface area contributed by atoms with Crippen LogP contribution in [0, 0.1) is 0 Å². The molecule has 0 heterocycles. The van der Waals surface area contributed by atoms with E-state index in [0.717, 1.165) is 0 Å². The molecule has 0 bridgehead atoms. The summed E-state index contributed by atoms with van der Waals surface area (Å²) in [5.41, 5.74) is -1.07. The average molecular weight is 336 g/mol. The third-order valence-electron chi connectivity index (χ3n) is 2.76. The summed E-state index contributed by atoms with van der Waals surface area (Å²) in [6.45, 7) is 1.65. The Hall–Kier alpha value is -2.30. The van der Waals surface area contributed by atoms with Crippen molar-refractivity contribution in [1.82, 2.24) is 0 Å². The van der Waals surface area contributed by atoms with Gasteiger partial charge < -0.3 is 14.0 Å². The molecule has 2 aromatic rings. The first-order chi connectivity index (χ1) is 11.1. The molecule has 2 rings (SSSR count). The van der Waals surface area contributed by atoms with E-state index in [1.54, 1.807) is 49.4 Å². The van der Waals surface area contributed by atoms with Crippen molar-refractivity contribution in [1.29, 1.82) is 0 Å². The molecule has 0 aromatic heterocycles. The van der Waals surface area contributed by atoms with E-state index in [1.165, 1.54) is 19.2 Å². The molecule has 0 fully saturated rings. The molecule has 1 atom stereocenters. The summed E-state index contributed by atoms with van der Waals surface area (Å²) in [5, 5.41) is 0. The van der Waals surface area contributed by atoms with Crippen molar-refractivity contribution < 1.29 is 27.9 Å².